The Kier molecular flexibility index (Phi) is 3.99. The molecule has 1 saturated heterocycles. The van der Waals surface area contributed by atoms with E-state index in [0.717, 1.165) is 6.54 Å². The Balaban J connectivity index is 2.14. The average Bonchev–Trinajstić information content (AvgIpc) is 2.07. The minimum absolute atomic E-state index is 1.06. The second kappa shape index (κ2) is 5.14. The summed E-state index contributed by atoms with van der Waals surface area (Å²) >= 11 is 0. The zero-order valence-electron chi connectivity index (χ0n) is 7.00. The summed E-state index contributed by atoms with van der Waals surface area (Å²) in [5.74, 6) is 0. The van der Waals surface area contributed by atoms with Gasteiger partial charge in [-0.2, -0.15) is 0 Å². The van der Waals surface area contributed by atoms with Gasteiger partial charge >= 0.3 is 0 Å². The van der Waals surface area contributed by atoms with Crippen LogP contribution >= 0.6 is 0 Å². The molecule has 0 unspecified atom stereocenters. The first-order chi connectivity index (χ1) is 5.43. The molecule has 0 saturated carbocycles. The third-order valence-electron chi connectivity index (χ3n) is 2.06. The minimum Gasteiger partial charge on any atom is -0.300 e. The van der Waals surface area contributed by atoms with E-state index in [1.54, 1.807) is 6.08 Å². The SMILES string of the molecule is [CH]=CC=CCN1CCCCC1. The van der Waals surface area contributed by atoms with Gasteiger partial charge in [0.15, 0.2) is 0 Å². The first-order valence-corrected chi connectivity index (χ1v) is 4.36. The fourth-order valence-electron chi connectivity index (χ4n) is 1.43. The lowest BCUT2D eigenvalue weighted by Crippen LogP contribution is -2.29. The third kappa shape index (κ3) is 3.38. The predicted octanol–water partition coefficient (Wildman–Crippen LogP) is 2.02. The molecule has 1 nitrogen and oxygen atoms in total. The van der Waals surface area contributed by atoms with Gasteiger partial charge in [-0.15, -0.1) is 0 Å². The molecule has 0 N–H and O–H groups in total. The summed E-state index contributed by atoms with van der Waals surface area (Å²) < 4.78 is 0. The number of rotatable bonds is 3. The first-order valence-electron chi connectivity index (χ1n) is 4.36. The van der Waals surface area contributed by atoms with Crippen LogP contribution in [0.25, 0.3) is 0 Å². The molecule has 0 aliphatic carbocycles. The summed E-state index contributed by atoms with van der Waals surface area (Å²) in [5.41, 5.74) is 0. The summed E-state index contributed by atoms with van der Waals surface area (Å²) in [5, 5.41) is 0. The standard InChI is InChI=1S/C10H16N/c1-2-3-5-8-11-9-6-4-7-10-11/h1-3,5H,4,6-10H2. The highest BCUT2D eigenvalue weighted by Crippen LogP contribution is 2.07. The van der Waals surface area contributed by atoms with E-state index >= 15 is 0 Å². The smallest absolute Gasteiger partial charge is 0.0166 e. The molecule has 0 aromatic carbocycles. The normalized spacial score (nSPS) is 20.7. The number of hydrogen-bond acceptors (Lipinski definition) is 1. The average molecular weight is 150 g/mol. The van der Waals surface area contributed by atoms with Crippen molar-refractivity contribution in [2.45, 2.75) is 19.3 Å². The Hall–Kier alpha value is -0.560. The minimum atomic E-state index is 1.06. The van der Waals surface area contributed by atoms with Gasteiger partial charge in [-0.25, -0.2) is 0 Å². The van der Waals surface area contributed by atoms with Gasteiger partial charge in [0.2, 0.25) is 0 Å². The van der Waals surface area contributed by atoms with Crippen LogP contribution in [0.2, 0.25) is 0 Å². The molecule has 61 valence electrons. The van der Waals surface area contributed by atoms with E-state index in [0.29, 0.717) is 0 Å². The van der Waals surface area contributed by atoms with Crippen molar-refractivity contribution in [2.24, 2.45) is 0 Å². The molecule has 1 heterocycles. The van der Waals surface area contributed by atoms with Gasteiger partial charge in [-0.1, -0.05) is 31.2 Å². The number of likely N-dealkylation sites (tertiary alicyclic amines) is 1. The summed E-state index contributed by atoms with van der Waals surface area (Å²) in [4.78, 5) is 2.46. The van der Waals surface area contributed by atoms with Crippen molar-refractivity contribution in [3.05, 3.63) is 24.8 Å². The Morgan fingerprint density at radius 2 is 1.91 bits per heavy atom. The number of piperidine rings is 1. The van der Waals surface area contributed by atoms with Crippen molar-refractivity contribution in [2.75, 3.05) is 19.6 Å². The van der Waals surface area contributed by atoms with Crippen molar-refractivity contribution in [1.82, 2.24) is 4.90 Å². The highest BCUT2D eigenvalue weighted by molar-refractivity contribution is 4.97. The van der Waals surface area contributed by atoms with Crippen LogP contribution in [0.15, 0.2) is 18.2 Å². The number of allylic oxidation sites excluding steroid dienone is 2. The van der Waals surface area contributed by atoms with Gasteiger partial charge in [0, 0.05) is 6.54 Å². The van der Waals surface area contributed by atoms with Crippen molar-refractivity contribution >= 4 is 0 Å². The zero-order valence-corrected chi connectivity index (χ0v) is 7.00. The van der Waals surface area contributed by atoms with Gasteiger partial charge in [-0.3, -0.25) is 4.90 Å². The van der Waals surface area contributed by atoms with Crippen LogP contribution in [0.4, 0.5) is 0 Å². The lowest BCUT2D eigenvalue weighted by atomic mass is 10.1. The fraction of sp³-hybridized carbons (Fsp3) is 0.600. The Morgan fingerprint density at radius 3 is 2.55 bits per heavy atom. The van der Waals surface area contributed by atoms with Crippen LogP contribution in [-0.4, -0.2) is 24.5 Å². The molecule has 0 bridgehead atoms. The highest BCUT2D eigenvalue weighted by atomic mass is 15.1. The molecule has 0 amide bonds. The monoisotopic (exact) mass is 150 g/mol. The lowest BCUT2D eigenvalue weighted by molar-refractivity contribution is 0.251. The van der Waals surface area contributed by atoms with E-state index in [-0.39, 0.29) is 0 Å². The van der Waals surface area contributed by atoms with Crippen molar-refractivity contribution in [1.29, 1.82) is 0 Å². The first kappa shape index (κ1) is 8.54. The highest BCUT2D eigenvalue weighted by Gasteiger charge is 2.06. The Labute approximate surface area is 69.4 Å². The van der Waals surface area contributed by atoms with Gasteiger partial charge in [0.25, 0.3) is 0 Å². The third-order valence-corrected chi connectivity index (χ3v) is 2.06. The number of nitrogens with zero attached hydrogens (tertiary/aromatic N) is 1. The molecule has 1 aliphatic heterocycles. The fourth-order valence-corrected chi connectivity index (χ4v) is 1.43. The maximum absolute atomic E-state index is 5.21. The van der Waals surface area contributed by atoms with Crippen LogP contribution < -0.4 is 0 Å². The molecule has 0 aromatic heterocycles. The molecule has 1 heteroatoms. The van der Waals surface area contributed by atoms with E-state index < -0.39 is 0 Å². The van der Waals surface area contributed by atoms with Gasteiger partial charge in [0.05, 0.1) is 0 Å². The molecule has 1 rings (SSSR count). The van der Waals surface area contributed by atoms with Crippen molar-refractivity contribution in [3.63, 3.8) is 0 Å². The van der Waals surface area contributed by atoms with E-state index in [4.69, 9.17) is 6.58 Å². The van der Waals surface area contributed by atoms with Crippen LogP contribution in [-0.2, 0) is 0 Å². The van der Waals surface area contributed by atoms with Gasteiger partial charge in [-0.05, 0) is 25.9 Å². The maximum atomic E-state index is 5.21. The largest absolute Gasteiger partial charge is 0.300 e. The molecule has 1 radical (unpaired) electrons. The zero-order chi connectivity index (χ0) is 7.94. The van der Waals surface area contributed by atoms with E-state index in [2.05, 4.69) is 11.0 Å². The summed E-state index contributed by atoms with van der Waals surface area (Å²) in [7, 11) is 0. The van der Waals surface area contributed by atoms with Crippen molar-refractivity contribution in [3.8, 4) is 0 Å². The van der Waals surface area contributed by atoms with Gasteiger partial charge < -0.3 is 0 Å². The molecule has 11 heavy (non-hydrogen) atoms. The second-order valence-electron chi connectivity index (χ2n) is 2.98. The summed E-state index contributed by atoms with van der Waals surface area (Å²) in [6.45, 7) is 8.79. The molecule has 0 atom stereocenters. The topological polar surface area (TPSA) is 3.24 Å². The quantitative estimate of drug-likeness (QED) is 0.556. The molecular formula is C10H16N. The summed E-state index contributed by atoms with van der Waals surface area (Å²) in [6.07, 6.45) is 9.74. The van der Waals surface area contributed by atoms with Crippen LogP contribution in [0.3, 0.4) is 0 Å². The van der Waals surface area contributed by atoms with E-state index in [1.807, 2.05) is 6.08 Å². The maximum Gasteiger partial charge on any atom is 0.0166 e. The Bertz CT molecular complexity index is 132. The van der Waals surface area contributed by atoms with Crippen LogP contribution in [0, 0.1) is 6.58 Å². The summed E-state index contributed by atoms with van der Waals surface area (Å²) in [6, 6.07) is 0. The lowest BCUT2D eigenvalue weighted by Gasteiger charge is -2.24. The molecule has 1 aliphatic rings. The molecule has 0 aromatic rings. The second-order valence-corrected chi connectivity index (χ2v) is 2.98. The van der Waals surface area contributed by atoms with Crippen molar-refractivity contribution < 1.29 is 0 Å². The molecule has 0 spiro atoms. The van der Waals surface area contributed by atoms with E-state index in [9.17, 15) is 0 Å². The van der Waals surface area contributed by atoms with Crippen LogP contribution in [0.1, 0.15) is 19.3 Å². The van der Waals surface area contributed by atoms with Gasteiger partial charge in [0.1, 0.15) is 0 Å². The Morgan fingerprint density at radius 1 is 1.18 bits per heavy atom. The molecule has 1 fully saturated rings. The predicted molar refractivity (Wildman–Crippen MR) is 48.3 cm³/mol. The van der Waals surface area contributed by atoms with Crippen LogP contribution in [0.5, 0.6) is 0 Å². The number of hydrogen-bond donors (Lipinski definition) is 0. The van der Waals surface area contributed by atoms with E-state index in [1.165, 1.54) is 32.4 Å². The molecular weight excluding hydrogens is 134 g/mol.